The lowest BCUT2D eigenvalue weighted by Gasteiger charge is -2.05. The Balaban J connectivity index is 1.57. The van der Waals surface area contributed by atoms with E-state index in [2.05, 4.69) is 0 Å². The highest BCUT2D eigenvalue weighted by Gasteiger charge is 2.05. The maximum absolute atomic E-state index is 12.0. The van der Waals surface area contributed by atoms with Gasteiger partial charge < -0.3 is 9.47 Å². The van der Waals surface area contributed by atoms with Crippen molar-refractivity contribution in [3.8, 4) is 11.5 Å². The largest absolute Gasteiger partial charge is 0.423 e. The third-order valence-corrected chi connectivity index (χ3v) is 3.67. The number of hydrogen-bond acceptors (Lipinski definition) is 4. The zero-order valence-corrected chi connectivity index (χ0v) is 15.0. The summed E-state index contributed by atoms with van der Waals surface area (Å²) in [5.74, 6) is -0.451. The number of carbonyl (C=O) groups is 2. The van der Waals surface area contributed by atoms with Crippen LogP contribution in [0.4, 0.5) is 0 Å². The number of rotatable bonds is 6. The first-order valence-corrected chi connectivity index (χ1v) is 8.69. The van der Waals surface area contributed by atoms with Crippen LogP contribution in [-0.4, -0.2) is 11.9 Å². The molecular formula is C24H18O4. The molecule has 0 fully saturated rings. The van der Waals surface area contributed by atoms with Gasteiger partial charge in [0.1, 0.15) is 11.5 Å². The van der Waals surface area contributed by atoms with Gasteiger partial charge in [-0.1, -0.05) is 66.7 Å². The normalized spacial score (nSPS) is 10.9. The van der Waals surface area contributed by atoms with E-state index in [1.807, 2.05) is 60.7 Å². The van der Waals surface area contributed by atoms with Gasteiger partial charge in [-0.05, 0) is 35.4 Å². The second kappa shape index (κ2) is 9.69. The lowest BCUT2D eigenvalue weighted by molar-refractivity contribution is -0.129. The molecule has 0 heterocycles. The standard InChI is InChI=1S/C24H18O4/c25-23(16-14-19-8-3-1-4-9-19)27-21-12-7-13-22(18-21)28-24(26)17-15-20-10-5-2-6-11-20/h1-18H/b16-14+,17-15+. The summed E-state index contributed by atoms with van der Waals surface area (Å²) in [6.45, 7) is 0. The van der Waals surface area contributed by atoms with Gasteiger partial charge in [0.25, 0.3) is 0 Å². The molecule has 0 radical (unpaired) electrons. The van der Waals surface area contributed by atoms with Crippen molar-refractivity contribution < 1.29 is 19.1 Å². The number of carbonyl (C=O) groups excluding carboxylic acids is 2. The van der Waals surface area contributed by atoms with Gasteiger partial charge in [0.05, 0.1) is 0 Å². The fourth-order valence-electron chi connectivity index (χ4n) is 2.36. The molecule has 0 N–H and O–H groups in total. The molecule has 28 heavy (non-hydrogen) atoms. The average Bonchev–Trinajstić information content (AvgIpc) is 2.72. The molecule has 0 amide bonds. The zero-order chi connectivity index (χ0) is 19.6. The van der Waals surface area contributed by atoms with Crippen LogP contribution >= 0.6 is 0 Å². The van der Waals surface area contributed by atoms with Crippen LogP contribution in [0, 0.1) is 0 Å². The molecule has 4 nitrogen and oxygen atoms in total. The second-order valence-corrected chi connectivity index (χ2v) is 5.81. The van der Waals surface area contributed by atoms with Gasteiger partial charge in [0, 0.05) is 18.2 Å². The summed E-state index contributed by atoms with van der Waals surface area (Å²) in [4.78, 5) is 23.9. The van der Waals surface area contributed by atoms with E-state index >= 15 is 0 Å². The lowest BCUT2D eigenvalue weighted by Crippen LogP contribution is -2.06. The van der Waals surface area contributed by atoms with Crippen LogP contribution in [0.15, 0.2) is 97.1 Å². The molecule has 0 aliphatic heterocycles. The Morgan fingerprint density at radius 2 is 1.00 bits per heavy atom. The summed E-state index contributed by atoms with van der Waals surface area (Å²) in [6.07, 6.45) is 6.02. The zero-order valence-electron chi connectivity index (χ0n) is 15.0. The average molecular weight is 370 g/mol. The predicted molar refractivity (Wildman–Crippen MR) is 109 cm³/mol. The van der Waals surface area contributed by atoms with Crippen molar-refractivity contribution >= 4 is 24.1 Å². The molecule has 0 aromatic heterocycles. The third-order valence-electron chi connectivity index (χ3n) is 3.67. The molecule has 0 saturated heterocycles. The molecule has 3 rings (SSSR count). The van der Waals surface area contributed by atoms with Crippen LogP contribution in [0.5, 0.6) is 11.5 Å². The minimum Gasteiger partial charge on any atom is -0.423 e. The van der Waals surface area contributed by atoms with Crippen LogP contribution in [0.3, 0.4) is 0 Å². The highest BCUT2D eigenvalue weighted by Crippen LogP contribution is 2.20. The Kier molecular flexibility index (Phi) is 6.53. The molecule has 0 atom stereocenters. The summed E-state index contributed by atoms with van der Waals surface area (Å²) in [5, 5.41) is 0. The van der Waals surface area contributed by atoms with Gasteiger partial charge in [-0.3, -0.25) is 0 Å². The van der Waals surface area contributed by atoms with Gasteiger partial charge in [-0.2, -0.15) is 0 Å². The number of ether oxygens (including phenoxy) is 2. The van der Waals surface area contributed by atoms with E-state index in [0.717, 1.165) is 11.1 Å². The van der Waals surface area contributed by atoms with Crippen molar-refractivity contribution in [3.05, 3.63) is 108 Å². The van der Waals surface area contributed by atoms with Crippen molar-refractivity contribution in [1.29, 1.82) is 0 Å². The highest BCUT2D eigenvalue weighted by atomic mass is 16.5. The quantitative estimate of drug-likeness (QED) is 0.351. The molecule has 0 unspecified atom stereocenters. The van der Waals surface area contributed by atoms with E-state index < -0.39 is 11.9 Å². The van der Waals surface area contributed by atoms with Gasteiger partial charge in [-0.25, -0.2) is 9.59 Å². The van der Waals surface area contributed by atoms with E-state index in [9.17, 15) is 9.59 Å². The van der Waals surface area contributed by atoms with Gasteiger partial charge in [0.2, 0.25) is 0 Å². The third kappa shape index (κ3) is 6.11. The molecule has 3 aromatic rings. The van der Waals surface area contributed by atoms with E-state index in [0.29, 0.717) is 11.5 Å². The maximum Gasteiger partial charge on any atom is 0.336 e. The van der Waals surface area contributed by atoms with E-state index in [1.54, 1.807) is 30.4 Å². The summed E-state index contributed by atoms with van der Waals surface area (Å²) in [7, 11) is 0. The first-order valence-electron chi connectivity index (χ1n) is 8.69. The molecule has 4 heteroatoms. The minimum absolute atomic E-state index is 0.292. The van der Waals surface area contributed by atoms with Crippen LogP contribution in [-0.2, 0) is 9.59 Å². The Morgan fingerprint density at radius 3 is 1.43 bits per heavy atom. The van der Waals surface area contributed by atoms with E-state index in [1.165, 1.54) is 18.2 Å². The van der Waals surface area contributed by atoms with Crippen molar-refractivity contribution in [2.75, 3.05) is 0 Å². The maximum atomic E-state index is 12.0. The molecular weight excluding hydrogens is 352 g/mol. The smallest absolute Gasteiger partial charge is 0.336 e. The molecule has 0 aliphatic rings. The number of benzene rings is 3. The molecule has 3 aromatic carbocycles. The number of esters is 2. The Bertz CT molecular complexity index is 911. The van der Waals surface area contributed by atoms with Crippen molar-refractivity contribution in [2.24, 2.45) is 0 Å². The van der Waals surface area contributed by atoms with Crippen LogP contribution in [0.25, 0.3) is 12.2 Å². The summed E-state index contributed by atoms with van der Waals surface area (Å²) >= 11 is 0. The molecule has 0 aliphatic carbocycles. The Hall–Kier alpha value is -3.92. The summed E-state index contributed by atoms with van der Waals surface area (Å²) < 4.78 is 10.5. The highest BCUT2D eigenvalue weighted by molar-refractivity contribution is 5.89. The first kappa shape index (κ1) is 18.9. The second-order valence-electron chi connectivity index (χ2n) is 5.81. The fraction of sp³-hybridized carbons (Fsp3) is 0. The lowest BCUT2D eigenvalue weighted by atomic mass is 10.2. The summed E-state index contributed by atoms with van der Waals surface area (Å²) in [5.41, 5.74) is 1.79. The van der Waals surface area contributed by atoms with Crippen molar-refractivity contribution in [2.45, 2.75) is 0 Å². The predicted octanol–water partition coefficient (Wildman–Crippen LogP) is 4.92. The van der Waals surface area contributed by atoms with Gasteiger partial charge in [-0.15, -0.1) is 0 Å². The summed E-state index contributed by atoms with van der Waals surface area (Å²) in [6, 6.07) is 25.2. The molecule has 138 valence electrons. The van der Waals surface area contributed by atoms with E-state index in [-0.39, 0.29) is 0 Å². The van der Waals surface area contributed by atoms with Crippen LogP contribution < -0.4 is 9.47 Å². The van der Waals surface area contributed by atoms with Crippen LogP contribution in [0.2, 0.25) is 0 Å². The van der Waals surface area contributed by atoms with Crippen molar-refractivity contribution in [1.82, 2.24) is 0 Å². The fourth-order valence-corrected chi connectivity index (χ4v) is 2.36. The topological polar surface area (TPSA) is 52.6 Å². The van der Waals surface area contributed by atoms with E-state index in [4.69, 9.17) is 9.47 Å². The molecule has 0 bridgehead atoms. The molecule has 0 saturated carbocycles. The van der Waals surface area contributed by atoms with Gasteiger partial charge >= 0.3 is 11.9 Å². The molecule has 0 spiro atoms. The van der Waals surface area contributed by atoms with Crippen LogP contribution in [0.1, 0.15) is 11.1 Å². The minimum atomic E-state index is -0.517. The SMILES string of the molecule is O=C(/C=C/c1ccccc1)Oc1cccc(OC(=O)/C=C/c2ccccc2)c1. The Labute approximate surface area is 163 Å². The van der Waals surface area contributed by atoms with Gasteiger partial charge in [0.15, 0.2) is 0 Å². The monoisotopic (exact) mass is 370 g/mol. The first-order chi connectivity index (χ1) is 13.7. The Morgan fingerprint density at radius 1 is 0.571 bits per heavy atom. The number of hydrogen-bond donors (Lipinski definition) is 0. The van der Waals surface area contributed by atoms with Crippen molar-refractivity contribution in [3.63, 3.8) is 0 Å².